The third kappa shape index (κ3) is 2.48. The molecular formula is C12H12N2O4. The Morgan fingerprint density at radius 2 is 2.00 bits per heavy atom. The summed E-state index contributed by atoms with van der Waals surface area (Å²) >= 11 is 0. The summed E-state index contributed by atoms with van der Waals surface area (Å²) in [5.41, 5.74) is 0.745. The third-order valence-electron chi connectivity index (χ3n) is 2.74. The summed E-state index contributed by atoms with van der Waals surface area (Å²) in [5, 5.41) is 13.0. The lowest BCUT2D eigenvalue weighted by Crippen LogP contribution is -2.20. The number of ether oxygens (including phenoxy) is 1. The average molecular weight is 248 g/mol. The molecule has 94 valence electrons. The number of amides is 1. The molecule has 1 aromatic carbocycles. The van der Waals surface area contributed by atoms with Crippen LogP contribution in [0.4, 0.5) is 10.5 Å². The normalized spacial score (nSPS) is 22.8. The van der Waals surface area contributed by atoms with Crippen molar-refractivity contribution in [1.82, 2.24) is 5.32 Å². The van der Waals surface area contributed by atoms with Crippen molar-refractivity contribution < 1.29 is 14.5 Å². The first-order chi connectivity index (χ1) is 8.58. The molecule has 6 nitrogen and oxygen atoms in total. The lowest BCUT2D eigenvalue weighted by Gasteiger charge is -2.19. The van der Waals surface area contributed by atoms with Gasteiger partial charge in [-0.05, 0) is 17.7 Å². The van der Waals surface area contributed by atoms with E-state index in [-0.39, 0.29) is 11.6 Å². The van der Waals surface area contributed by atoms with Crippen LogP contribution in [0.3, 0.4) is 0 Å². The molecule has 1 aliphatic rings. The van der Waals surface area contributed by atoms with E-state index in [2.05, 4.69) is 5.32 Å². The third-order valence-corrected chi connectivity index (χ3v) is 2.74. The number of nitro benzene ring substituents is 1. The van der Waals surface area contributed by atoms with E-state index in [1.807, 2.05) is 13.0 Å². The van der Waals surface area contributed by atoms with Gasteiger partial charge in [-0.15, -0.1) is 0 Å². The van der Waals surface area contributed by atoms with E-state index >= 15 is 0 Å². The number of rotatable bonds is 2. The number of cyclic esters (lactones) is 1. The number of benzene rings is 1. The molecule has 0 fully saturated rings. The molecule has 2 atom stereocenters. The summed E-state index contributed by atoms with van der Waals surface area (Å²) in [6.45, 7) is 1.91. The number of hydrogen-bond donors (Lipinski definition) is 1. The minimum Gasteiger partial charge on any atom is -0.441 e. The van der Waals surface area contributed by atoms with Crippen LogP contribution in [0.25, 0.3) is 0 Å². The first-order valence-electron chi connectivity index (χ1n) is 5.46. The number of alkyl carbamates (subject to hydrolysis) is 1. The predicted molar refractivity (Wildman–Crippen MR) is 63.8 cm³/mol. The van der Waals surface area contributed by atoms with Crippen LogP contribution in [0.1, 0.15) is 18.6 Å². The monoisotopic (exact) mass is 248 g/mol. The highest BCUT2D eigenvalue weighted by Crippen LogP contribution is 2.29. The van der Waals surface area contributed by atoms with Gasteiger partial charge in [0.2, 0.25) is 0 Å². The van der Waals surface area contributed by atoms with Crippen LogP contribution in [0.5, 0.6) is 0 Å². The molecule has 0 saturated carbocycles. The van der Waals surface area contributed by atoms with Crippen molar-refractivity contribution in [1.29, 1.82) is 0 Å². The summed E-state index contributed by atoms with van der Waals surface area (Å²) in [7, 11) is 0. The topological polar surface area (TPSA) is 81.5 Å². The number of nitro groups is 1. The van der Waals surface area contributed by atoms with Crippen LogP contribution < -0.4 is 5.32 Å². The van der Waals surface area contributed by atoms with E-state index < -0.39 is 17.1 Å². The van der Waals surface area contributed by atoms with Gasteiger partial charge in [-0.3, -0.25) is 15.4 Å². The average Bonchev–Trinajstić information content (AvgIpc) is 2.51. The SMILES string of the molecule is C[C@H]1C=CNC(=O)O[C@@H]1c1ccc([N+](=O)[O-])cc1. The predicted octanol–water partition coefficient (Wildman–Crippen LogP) is 2.53. The highest BCUT2D eigenvalue weighted by molar-refractivity contribution is 5.69. The second-order valence-corrected chi connectivity index (χ2v) is 4.04. The van der Waals surface area contributed by atoms with Crippen LogP contribution >= 0.6 is 0 Å². The van der Waals surface area contributed by atoms with E-state index in [1.54, 1.807) is 18.3 Å². The molecule has 1 amide bonds. The molecule has 0 spiro atoms. The molecular weight excluding hydrogens is 236 g/mol. The Hall–Kier alpha value is -2.37. The molecule has 0 aliphatic carbocycles. The molecule has 2 rings (SSSR count). The Balaban J connectivity index is 2.26. The number of hydrogen-bond acceptors (Lipinski definition) is 4. The van der Waals surface area contributed by atoms with E-state index in [9.17, 15) is 14.9 Å². The van der Waals surface area contributed by atoms with Gasteiger partial charge in [0.1, 0.15) is 6.10 Å². The summed E-state index contributed by atoms with van der Waals surface area (Å²) in [6, 6.07) is 6.01. The quantitative estimate of drug-likeness (QED) is 0.644. The largest absolute Gasteiger partial charge is 0.441 e. The molecule has 6 heteroatoms. The first-order valence-corrected chi connectivity index (χ1v) is 5.46. The first kappa shape index (κ1) is 12.1. The van der Waals surface area contributed by atoms with Crippen LogP contribution in [-0.2, 0) is 4.74 Å². The molecule has 0 bridgehead atoms. The summed E-state index contributed by atoms with van der Waals surface area (Å²) in [4.78, 5) is 21.4. The van der Waals surface area contributed by atoms with Gasteiger partial charge >= 0.3 is 6.09 Å². The number of nitrogens with zero attached hydrogens (tertiary/aromatic N) is 1. The standard InChI is InChI=1S/C12H12N2O4/c1-8-6-7-13-12(15)18-11(8)9-2-4-10(5-3-9)14(16)17/h2-8,11H,1H3,(H,13,15)/t8-,11-/m0/s1. The van der Waals surface area contributed by atoms with Crippen molar-refractivity contribution >= 4 is 11.8 Å². The van der Waals surface area contributed by atoms with Gasteiger partial charge < -0.3 is 4.74 Å². The smallest absolute Gasteiger partial charge is 0.411 e. The molecule has 0 saturated heterocycles. The summed E-state index contributed by atoms with van der Waals surface area (Å²) < 4.78 is 5.23. The van der Waals surface area contributed by atoms with Gasteiger partial charge in [-0.1, -0.05) is 13.0 Å². The molecule has 1 heterocycles. The molecule has 0 unspecified atom stereocenters. The fourth-order valence-corrected chi connectivity index (χ4v) is 1.78. The minimum atomic E-state index is -0.529. The van der Waals surface area contributed by atoms with Gasteiger partial charge in [0.15, 0.2) is 0 Å². The lowest BCUT2D eigenvalue weighted by atomic mass is 9.97. The van der Waals surface area contributed by atoms with E-state index in [4.69, 9.17) is 4.74 Å². The number of non-ortho nitro benzene ring substituents is 1. The van der Waals surface area contributed by atoms with Crippen LogP contribution in [0.15, 0.2) is 36.5 Å². The second kappa shape index (κ2) is 4.87. The molecule has 18 heavy (non-hydrogen) atoms. The van der Waals surface area contributed by atoms with Gasteiger partial charge in [0.25, 0.3) is 5.69 Å². The molecule has 1 aromatic rings. The maximum Gasteiger partial charge on any atom is 0.411 e. The van der Waals surface area contributed by atoms with Crippen LogP contribution in [0.2, 0.25) is 0 Å². The maximum absolute atomic E-state index is 11.3. The van der Waals surface area contributed by atoms with Gasteiger partial charge in [-0.2, -0.15) is 0 Å². The summed E-state index contributed by atoms with van der Waals surface area (Å²) in [6.07, 6.45) is 2.39. The van der Waals surface area contributed by atoms with Crippen molar-refractivity contribution in [3.63, 3.8) is 0 Å². The van der Waals surface area contributed by atoms with Crippen LogP contribution in [0, 0.1) is 16.0 Å². The van der Waals surface area contributed by atoms with Gasteiger partial charge in [0, 0.05) is 24.3 Å². The van der Waals surface area contributed by atoms with E-state index in [0.29, 0.717) is 0 Å². The van der Waals surface area contributed by atoms with Gasteiger partial charge in [-0.25, -0.2) is 4.79 Å². The fourth-order valence-electron chi connectivity index (χ4n) is 1.78. The van der Waals surface area contributed by atoms with Crippen molar-refractivity contribution in [3.8, 4) is 0 Å². The second-order valence-electron chi connectivity index (χ2n) is 4.04. The highest BCUT2D eigenvalue weighted by atomic mass is 16.6. The Morgan fingerprint density at radius 1 is 1.33 bits per heavy atom. The molecule has 0 radical (unpaired) electrons. The number of nitrogens with one attached hydrogen (secondary N) is 1. The number of carbonyl (C=O) groups excluding carboxylic acids is 1. The fraction of sp³-hybridized carbons (Fsp3) is 0.250. The lowest BCUT2D eigenvalue weighted by molar-refractivity contribution is -0.384. The zero-order chi connectivity index (χ0) is 13.1. The zero-order valence-corrected chi connectivity index (χ0v) is 9.70. The molecule has 1 N–H and O–H groups in total. The Bertz CT molecular complexity index is 495. The molecule has 0 aromatic heterocycles. The summed E-state index contributed by atoms with van der Waals surface area (Å²) in [5.74, 6) is -0.00888. The Morgan fingerprint density at radius 3 is 2.61 bits per heavy atom. The van der Waals surface area contributed by atoms with Crippen molar-refractivity contribution in [3.05, 3.63) is 52.2 Å². The van der Waals surface area contributed by atoms with Gasteiger partial charge in [0.05, 0.1) is 4.92 Å². The van der Waals surface area contributed by atoms with E-state index in [1.165, 1.54) is 12.1 Å². The maximum atomic E-state index is 11.3. The Kier molecular flexibility index (Phi) is 3.27. The highest BCUT2D eigenvalue weighted by Gasteiger charge is 2.24. The number of carbonyl (C=O) groups is 1. The molecule has 1 aliphatic heterocycles. The zero-order valence-electron chi connectivity index (χ0n) is 9.70. The minimum absolute atomic E-state index is 0.00888. The van der Waals surface area contributed by atoms with Crippen molar-refractivity contribution in [2.24, 2.45) is 5.92 Å². The van der Waals surface area contributed by atoms with Crippen molar-refractivity contribution in [2.45, 2.75) is 13.0 Å². The Labute approximate surface area is 103 Å². The van der Waals surface area contributed by atoms with Crippen molar-refractivity contribution in [2.75, 3.05) is 0 Å². The van der Waals surface area contributed by atoms with E-state index in [0.717, 1.165) is 5.56 Å². The van der Waals surface area contributed by atoms with Crippen LogP contribution in [-0.4, -0.2) is 11.0 Å².